The number of hydrogen-bond donors (Lipinski definition) is 0. The van der Waals surface area contributed by atoms with Crippen LogP contribution in [0.1, 0.15) is 51.7 Å². The Bertz CT molecular complexity index is 827. The van der Waals surface area contributed by atoms with E-state index in [2.05, 4.69) is 4.98 Å². The number of hydrogen-bond acceptors (Lipinski definition) is 3. The number of rotatable bonds is 4. The smallest absolute Gasteiger partial charge is 0.310 e. The molecule has 0 radical (unpaired) electrons. The maximum absolute atomic E-state index is 14.5. The number of halogens is 3. The van der Waals surface area contributed by atoms with Crippen molar-refractivity contribution in [2.75, 3.05) is 0 Å². The Balaban J connectivity index is 2.65. The minimum Gasteiger partial charge on any atom is -0.460 e. The van der Waals surface area contributed by atoms with E-state index < -0.39 is 29.2 Å². The third kappa shape index (κ3) is 4.62. The van der Waals surface area contributed by atoms with Crippen molar-refractivity contribution in [1.29, 1.82) is 0 Å². The van der Waals surface area contributed by atoms with Gasteiger partial charge >= 0.3 is 5.97 Å². The highest BCUT2D eigenvalue weighted by Crippen LogP contribution is 2.34. The molecular weight excluding hydrogens is 343 g/mol. The SMILES string of the molecule is CC(C)c1c(F)c(F)cc(-c2ccnc(F)c2)c1CC(=O)OC(C)(C)C. The van der Waals surface area contributed by atoms with Crippen molar-refractivity contribution in [2.45, 2.75) is 52.6 Å². The third-order valence-electron chi connectivity index (χ3n) is 3.72. The van der Waals surface area contributed by atoms with Gasteiger partial charge in [0.15, 0.2) is 11.6 Å². The van der Waals surface area contributed by atoms with Gasteiger partial charge in [0.25, 0.3) is 0 Å². The van der Waals surface area contributed by atoms with Gasteiger partial charge in [-0.05, 0) is 61.1 Å². The number of nitrogens with zero attached hydrogens (tertiary/aromatic N) is 1. The Morgan fingerprint density at radius 3 is 2.38 bits per heavy atom. The Labute approximate surface area is 151 Å². The van der Waals surface area contributed by atoms with Crippen LogP contribution in [0.15, 0.2) is 24.4 Å². The van der Waals surface area contributed by atoms with Crippen LogP contribution in [0.5, 0.6) is 0 Å². The van der Waals surface area contributed by atoms with Crippen molar-refractivity contribution < 1.29 is 22.7 Å². The minimum absolute atomic E-state index is 0.0862. The van der Waals surface area contributed by atoms with E-state index in [1.807, 2.05) is 0 Å². The van der Waals surface area contributed by atoms with Crippen LogP contribution in [-0.4, -0.2) is 16.6 Å². The topological polar surface area (TPSA) is 39.2 Å². The summed E-state index contributed by atoms with van der Waals surface area (Å²) in [5.74, 6) is -3.75. The van der Waals surface area contributed by atoms with Gasteiger partial charge in [-0.1, -0.05) is 13.8 Å². The molecule has 0 atom stereocenters. The van der Waals surface area contributed by atoms with Crippen LogP contribution < -0.4 is 0 Å². The van der Waals surface area contributed by atoms with Gasteiger partial charge in [-0.2, -0.15) is 4.39 Å². The summed E-state index contributed by atoms with van der Waals surface area (Å²) in [6.45, 7) is 8.57. The maximum Gasteiger partial charge on any atom is 0.310 e. The Morgan fingerprint density at radius 2 is 1.85 bits per heavy atom. The lowest BCUT2D eigenvalue weighted by Gasteiger charge is -2.22. The molecule has 0 spiro atoms. The number of benzene rings is 1. The second kappa shape index (κ2) is 7.48. The summed E-state index contributed by atoms with van der Waals surface area (Å²) in [7, 11) is 0. The van der Waals surface area contributed by atoms with Crippen LogP contribution >= 0.6 is 0 Å². The van der Waals surface area contributed by atoms with E-state index in [-0.39, 0.29) is 23.5 Å². The quantitative estimate of drug-likeness (QED) is 0.554. The lowest BCUT2D eigenvalue weighted by Crippen LogP contribution is -2.25. The molecule has 3 nitrogen and oxygen atoms in total. The van der Waals surface area contributed by atoms with Gasteiger partial charge < -0.3 is 4.74 Å². The van der Waals surface area contributed by atoms with Gasteiger partial charge in [-0.15, -0.1) is 0 Å². The zero-order valence-electron chi connectivity index (χ0n) is 15.5. The summed E-state index contributed by atoms with van der Waals surface area (Å²) in [4.78, 5) is 15.8. The lowest BCUT2D eigenvalue weighted by atomic mass is 9.88. The first-order valence-electron chi connectivity index (χ1n) is 8.34. The molecule has 0 aliphatic carbocycles. The van der Waals surface area contributed by atoms with Gasteiger partial charge in [-0.3, -0.25) is 4.79 Å². The fourth-order valence-corrected chi connectivity index (χ4v) is 2.83. The highest BCUT2D eigenvalue weighted by atomic mass is 19.2. The molecule has 1 aromatic heterocycles. The van der Waals surface area contributed by atoms with Crippen LogP contribution in [0.25, 0.3) is 11.1 Å². The molecule has 140 valence electrons. The lowest BCUT2D eigenvalue weighted by molar-refractivity contribution is -0.153. The van der Waals surface area contributed by atoms with Crippen molar-refractivity contribution in [3.05, 3.63) is 53.1 Å². The molecule has 1 heterocycles. The van der Waals surface area contributed by atoms with E-state index in [4.69, 9.17) is 4.74 Å². The van der Waals surface area contributed by atoms with Crippen molar-refractivity contribution in [3.63, 3.8) is 0 Å². The normalized spacial score (nSPS) is 11.7. The molecule has 0 aliphatic heterocycles. The maximum atomic E-state index is 14.5. The van der Waals surface area contributed by atoms with E-state index >= 15 is 0 Å². The first-order valence-corrected chi connectivity index (χ1v) is 8.34. The molecule has 26 heavy (non-hydrogen) atoms. The summed E-state index contributed by atoms with van der Waals surface area (Å²) in [5.41, 5.74) is 0.231. The molecular formula is C20H22F3NO2. The van der Waals surface area contributed by atoms with Crippen LogP contribution in [0.2, 0.25) is 0 Å². The second-order valence-electron chi connectivity index (χ2n) is 7.40. The van der Waals surface area contributed by atoms with E-state index in [0.717, 1.165) is 12.1 Å². The molecule has 0 bridgehead atoms. The van der Waals surface area contributed by atoms with Gasteiger partial charge in [0, 0.05) is 12.3 Å². The second-order valence-corrected chi connectivity index (χ2v) is 7.40. The van der Waals surface area contributed by atoms with Crippen LogP contribution in [0.4, 0.5) is 13.2 Å². The average Bonchev–Trinajstić information content (AvgIpc) is 2.48. The van der Waals surface area contributed by atoms with E-state index in [9.17, 15) is 18.0 Å². The zero-order valence-corrected chi connectivity index (χ0v) is 15.5. The number of esters is 1. The monoisotopic (exact) mass is 365 g/mol. The number of pyridine rings is 1. The standard InChI is InChI=1S/C20H22F3NO2/c1-11(2)18-14(10-17(25)26-20(3,4)5)13(9-15(21)19(18)23)12-6-7-24-16(22)8-12/h6-9,11H,10H2,1-5H3. The molecule has 0 aliphatic rings. The van der Waals surface area contributed by atoms with Crippen molar-refractivity contribution in [2.24, 2.45) is 0 Å². The average molecular weight is 365 g/mol. The predicted molar refractivity (Wildman–Crippen MR) is 93.2 cm³/mol. The molecule has 6 heteroatoms. The molecule has 0 amide bonds. The molecule has 2 rings (SSSR count). The summed E-state index contributed by atoms with van der Waals surface area (Å²) in [5, 5.41) is 0. The minimum atomic E-state index is -1.05. The molecule has 1 aromatic carbocycles. The highest BCUT2D eigenvalue weighted by Gasteiger charge is 2.25. The molecule has 0 saturated carbocycles. The van der Waals surface area contributed by atoms with Gasteiger partial charge in [0.1, 0.15) is 5.60 Å². The zero-order chi connectivity index (χ0) is 19.6. The van der Waals surface area contributed by atoms with Gasteiger partial charge in [-0.25, -0.2) is 13.8 Å². The van der Waals surface area contributed by atoms with Crippen molar-refractivity contribution in [3.8, 4) is 11.1 Å². The van der Waals surface area contributed by atoms with Crippen LogP contribution in [0.3, 0.4) is 0 Å². The number of carbonyl (C=O) groups is 1. The third-order valence-corrected chi connectivity index (χ3v) is 3.72. The number of carbonyl (C=O) groups excluding carboxylic acids is 1. The van der Waals surface area contributed by atoms with Crippen molar-refractivity contribution >= 4 is 5.97 Å². The highest BCUT2D eigenvalue weighted by molar-refractivity contribution is 5.79. The number of aromatic nitrogens is 1. The van der Waals surface area contributed by atoms with Gasteiger partial charge in [0.05, 0.1) is 6.42 Å². The fraction of sp³-hybridized carbons (Fsp3) is 0.400. The van der Waals surface area contributed by atoms with Crippen molar-refractivity contribution in [1.82, 2.24) is 4.98 Å². The van der Waals surface area contributed by atoms with E-state index in [1.54, 1.807) is 34.6 Å². The Morgan fingerprint density at radius 1 is 1.19 bits per heavy atom. The predicted octanol–water partition coefficient (Wildman–Crippen LogP) is 5.17. The first kappa shape index (κ1) is 19.9. The first-order chi connectivity index (χ1) is 12.0. The van der Waals surface area contributed by atoms with E-state index in [1.165, 1.54) is 12.3 Å². The molecule has 0 saturated heterocycles. The largest absolute Gasteiger partial charge is 0.460 e. The molecule has 0 fully saturated rings. The summed E-state index contributed by atoms with van der Waals surface area (Å²) >= 11 is 0. The molecule has 2 aromatic rings. The summed E-state index contributed by atoms with van der Waals surface area (Å²) < 4.78 is 47.5. The fourth-order valence-electron chi connectivity index (χ4n) is 2.83. The molecule has 0 N–H and O–H groups in total. The van der Waals surface area contributed by atoms with Gasteiger partial charge in [0.2, 0.25) is 5.95 Å². The molecule has 0 unspecified atom stereocenters. The van der Waals surface area contributed by atoms with E-state index in [0.29, 0.717) is 11.1 Å². The van der Waals surface area contributed by atoms with Crippen LogP contribution in [-0.2, 0) is 16.0 Å². The number of ether oxygens (including phenoxy) is 1. The summed E-state index contributed by atoms with van der Waals surface area (Å²) in [6, 6.07) is 3.59. The Hall–Kier alpha value is -2.37. The Kier molecular flexibility index (Phi) is 5.74. The summed E-state index contributed by atoms with van der Waals surface area (Å²) in [6.07, 6.45) is 0.986. The van der Waals surface area contributed by atoms with Crippen LogP contribution in [0, 0.1) is 17.6 Å².